The van der Waals surface area contributed by atoms with Gasteiger partial charge in [-0.25, -0.2) is 9.97 Å². The van der Waals surface area contributed by atoms with Gasteiger partial charge in [-0.05, 0) is 111 Å². The Labute approximate surface area is 318 Å². The van der Waals surface area contributed by atoms with E-state index in [2.05, 4.69) is 47.9 Å². The highest BCUT2D eigenvalue weighted by Crippen LogP contribution is 2.46. The smallest absolute Gasteiger partial charge is 0.220 e. The van der Waals surface area contributed by atoms with E-state index in [1.54, 1.807) is 20.5 Å². The molecule has 0 aliphatic carbocycles. The third-order valence-corrected chi connectivity index (χ3v) is 13.3. The third kappa shape index (κ3) is 6.51. The van der Waals surface area contributed by atoms with Crippen molar-refractivity contribution >= 4 is 21.8 Å². The molecule has 54 heavy (non-hydrogen) atoms. The lowest BCUT2D eigenvalue weighted by atomic mass is 9.72. The molecule has 6 aliphatic heterocycles. The highest BCUT2D eigenvalue weighted by molar-refractivity contribution is 5.85. The molecule has 10 heteroatoms. The van der Waals surface area contributed by atoms with E-state index in [1.165, 1.54) is 25.7 Å². The maximum absolute atomic E-state index is 7.12. The van der Waals surface area contributed by atoms with Crippen LogP contribution >= 0.6 is 0 Å². The molecule has 6 aliphatic rings. The molecule has 3 aromatic heterocycles. The van der Waals surface area contributed by atoms with Crippen molar-refractivity contribution < 1.29 is 18.9 Å². The maximum atomic E-state index is 7.12. The highest BCUT2D eigenvalue weighted by Gasteiger charge is 2.46. The van der Waals surface area contributed by atoms with Crippen LogP contribution in [0, 0.1) is 23.7 Å². The summed E-state index contributed by atoms with van der Waals surface area (Å²) in [5.74, 6) is 5.43. The Bertz CT molecular complexity index is 1970. The summed E-state index contributed by atoms with van der Waals surface area (Å²) in [6.45, 7) is 9.02. The van der Waals surface area contributed by atoms with Gasteiger partial charge >= 0.3 is 0 Å². The fourth-order valence-corrected chi connectivity index (χ4v) is 10.4. The van der Waals surface area contributed by atoms with Crippen LogP contribution in [0.3, 0.4) is 0 Å². The maximum Gasteiger partial charge on any atom is 0.220 e. The zero-order valence-electron chi connectivity index (χ0n) is 31.9. The van der Waals surface area contributed by atoms with Gasteiger partial charge in [0.2, 0.25) is 11.8 Å². The lowest BCUT2D eigenvalue weighted by molar-refractivity contribution is -0.0513. The molecule has 4 bridgehead atoms. The Morgan fingerprint density at radius 3 is 1.52 bits per heavy atom. The molecule has 6 saturated heterocycles. The summed E-state index contributed by atoms with van der Waals surface area (Å²) >= 11 is 0. The first-order valence-corrected chi connectivity index (χ1v) is 20.0. The number of nitrogens with zero attached hydrogens (tertiary/aromatic N) is 6. The number of pyridine rings is 2. The standard InChI is InChI=1S/C44H52N6O4/c1-5-27-24-49-17-13-29(27)19-39(49)43(33-11-15-45-37-9-7-31(51-3)21-35(33)37)53-41-23-42(48-26-47-41)54-44(40-20-30-14-18-50(40)25-28(30)6-2)34-12-16-46-38-10-8-32(52-4)22-36(34)38/h7-12,15-16,21-23,26-30,39-40,43-44H,5-6,13-14,17-20,24-25H2,1-4H3/t27-,28-,29-,30-,39-,40-,43+,44+/m0/s1. The Morgan fingerprint density at radius 1 is 0.630 bits per heavy atom. The Balaban J connectivity index is 1.09. The Morgan fingerprint density at radius 2 is 1.11 bits per heavy atom. The number of aromatic nitrogens is 4. The van der Waals surface area contributed by atoms with Gasteiger partial charge in [-0.15, -0.1) is 0 Å². The Kier molecular flexibility index (Phi) is 9.74. The minimum absolute atomic E-state index is 0.200. The number of benzene rings is 2. The van der Waals surface area contributed by atoms with Gasteiger partial charge in [0.15, 0.2) is 0 Å². The van der Waals surface area contributed by atoms with Crippen LogP contribution in [0.2, 0.25) is 0 Å². The summed E-state index contributed by atoms with van der Waals surface area (Å²) in [6, 6.07) is 18.7. The van der Waals surface area contributed by atoms with Crippen LogP contribution in [0.4, 0.5) is 0 Å². The normalized spacial score (nSPS) is 28.5. The van der Waals surface area contributed by atoms with Crippen molar-refractivity contribution in [2.24, 2.45) is 23.7 Å². The predicted molar refractivity (Wildman–Crippen MR) is 209 cm³/mol. The van der Waals surface area contributed by atoms with E-state index in [0.29, 0.717) is 23.6 Å². The summed E-state index contributed by atoms with van der Waals surface area (Å²) < 4.78 is 25.6. The molecule has 11 rings (SSSR count). The van der Waals surface area contributed by atoms with Crippen LogP contribution < -0.4 is 18.9 Å². The van der Waals surface area contributed by atoms with Gasteiger partial charge in [-0.2, -0.15) is 0 Å². The summed E-state index contributed by atoms with van der Waals surface area (Å²) in [5, 5.41) is 2.07. The van der Waals surface area contributed by atoms with E-state index in [4.69, 9.17) is 38.9 Å². The number of ether oxygens (including phenoxy) is 4. The molecule has 2 unspecified atom stereocenters. The van der Waals surface area contributed by atoms with E-state index in [9.17, 15) is 0 Å². The first-order valence-electron chi connectivity index (χ1n) is 20.0. The zero-order valence-corrected chi connectivity index (χ0v) is 31.9. The van der Waals surface area contributed by atoms with E-state index in [-0.39, 0.29) is 24.3 Å². The van der Waals surface area contributed by atoms with Gasteiger partial charge in [0, 0.05) is 47.4 Å². The minimum Gasteiger partial charge on any atom is -0.497 e. The SMILES string of the molecule is CC[C@H]1CN2CC[C@H]1C[C@H]2[C@H](Oc1cc(O[C@H](c2ccnc3ccc(OC)cc23)[C@@H]2C[C@@H]3CCN2C[C@@H]3CC)ncn1)c1ccnc2ccc(OC)cc12. The number of hydrogen-bond acceptors (Lipinski definition) is 10. The molecule has 0 N–H and O–H groups in total. The van der Waals surface area contributed by atoms with Crippen molar-refractivity contribution in [2.45, 2.75) is 76.7 Å². The van der Waals surface area contributed by atoms with Gasteiger partial charge in [0.05, 0.1) is 43.4 Å². The van der Waals surface area contributed by atoms with Crippen molar-refractivity contribution in [3.63, 3.8) is 0 Å². The predicted octanol–water partition coefficient (Wildman–Crippen LogP) is 8.07. The van der Waals surface area contributed by atoms with Crippen molar-refractivity contribution in [3.8, 4) is 23.3 Å². The third-order valence-electron chi connectivity index (χ3n) is 13.3. The molecular formula is C44H52N6O4. The van der Waals surface area contributed by atoms with E-state index < -0.39 is 0 Å². The van der Waals surface area contributed by atoms with Crippen LogP contribution in [0.15, 0.2) is 73.3 Å². The number of piperidine rings is 6. The first-order chi connectivity index (χ1) is 26.5. The van der Waals surface area contributed by atoms with Crippen LogP contribution in [-0.2, 0) is 0 Å². The fourth-order valence-electron chi connectivity index (χ4n) is 10.4. The van der Waals surface area contributed by atoms with Crippen LogP contribution in [-0.4, -0.2) is 82.2 Å². The Hall–Kier alpha value is -4.54. The van der Waals surface area contributed by atoms with Crippen molar-refractivity contribution in [1.82, 2.24) is 29.7 Å². The molecule has 0 radical (unpaired) electrons. The topological polar surface area (TPSA) is 95.0 Å². The lowest BCUT2D eigenvalue weighted by Crippen LogP contribution is -2.56. The van der Waals surface area contributed by atoms with Gasteiger partial charge in [-0.3, -0.25) is 19.8 Å². The monoisotopic (exact) mass is 728 g/mol. The molecule has 0 saturated carbocycles. The number of fused-ring (bicyclic) bond motifs is 8. The molecule has 0 amide bonds. The number of methoxy groups -OCH3 is 2. The molecular weight excluding hydrogens is 677 g/mol. The number of hydrogen-bond donors (Lipinski definition) is 0. The number of rotatable bonds is 12. The largest absolute Gasteiger partial charge is 0.497 e. The van der Waals surface area contributed by atoms with E-state index in [0.717, 1.165) is 95.3 Å². The van der Waals surface area contributed by atoms with Crippen LogP contribution in [0.25, 0.3) is 21.8 Å². The van der Waals surface area contributed by atoms with Gasteiger partial charge in [0.1, 0.15) is 30.0 Å². The minimum atomic E-state index is -0.274. The van der Waals surface area contributed by atoms with Gasteiger partial charge in [-0.1, -0.05) is 26.7 Å². The molecule has 0 spiro atoms. The zero-order chi connectivity index (χ0) is 36.8. The fraction of sp³-hybridized carbons (Fsp3) is 0.500. The average molecular weight is 729 g/mol. The second-order valence-electron chi connectivity index (χ2n) is 15.9. The van der Waals surface area contributed by atoms with Crippen molar-refractivity contribution in [1.29, 1.82) is 0 Å². The molecule has 10 nitrogen and oxygen atoms in total. The van der Waals surface area contributed by atoms with Gasteiger partial charge < -0.3 is 18.9 Å². The lowest BCUT2D eigenvalue weighted by Gasteiger charge is -2.52. The second kappa shape index (κ2) is 14.9. The second-order valence-corrected chi connectivity index (χ2v) is 15.9. The molecule has 10 atom stereocenters. The quantitative estimate of drug-likeness (QED) is 0.126. The summed E-state index contributed by atoms with van der Waals surface area (Å²) in [5.41, 5.74) is 4.03. The molecule has 282 valence electrons. The highest BCUT2D eigenvalue weighted by atomic mass is 16.5. The van der Waals surface area contributed by atoms with Crippen LogP contribution in [0.1, 0.15) is 75.7 Å². The van der Waals surface area contributed by atoms with E-state index in [1.807, 2.05) is 42.7 Å². The van der Waals surface area contributed by atoms with E-state index >= 15 is 0 Å². The van der Waals surface area contributed by atoms with Crippen molar-refractivity contribution in [3.05, 3.63) is 84.4 Å². The molecule has 2 aromatic carbocycles. The summed E-state index contributed by atoms with van der Waals surface area (Å²) in [7, 11) is 3.42. The first kappa shape index (κ1) is 35.2. The summed E-state index contributed by atoms with van der Waals surface area (Å²) in [6.07, 6.45) is 11.9. The molecule has 6 fully saturated rings. The summed E-state index contributed by atoms with van der Waals surface area (Å²) in [4.78, 5) is 24.2. The average Bonchev–Trinajstić information content (AvgIpc) is 3.24. The van der Waals surface area contributed by atoms with Crippen molar-refractivity contribution in [2.75, 3.05) is 40.4 Å². The molecule has 5 aromatic rings. The van der Waals surface area contributed by atoms with Crippen LogP contribution in [0.5, 0.6) is 23.3 Å². The van der Waals surface area contributed by atoms with Gasteiger partial charge in [0.25, 0.3) is 0 Å². The molecule has 9 heterocycles.